The van der Waals surface area contributed by atoms with E-state index in [1.807, 2.05) is 0 Å². The predicted molar refractivity (Wildman–Crippen MR) is 80.5 cm³/mol. The zero-order valence-electron chi connectivity index (χ0n) is 13.1. The molecule has 1 N–H and O–H groups in total. The van der Waals surface area contributed by atoms with Crippen molar-refractivity contribution in [3.8, 4) is 0 Å². The Balaban J connectivity index is 2.01. The molecule has 2 unspecified atom stereocenters. The minimum atomic E-state index is 0.401. The molecule has 0 aromatic carbocycles. The predicted octanol–water partition coefficient (Wildman–Crippen LogP) is 2.66. The minimum absolute atomic E-state index is 0.401. The van der Waals surface area contributed by atoms with Crippen LogP contribution in [0, 0.1) is 5.41 Å². The van der Waals surface area contributed by atoms with Gasteiger partial charge >= 0.3 is 0 Å². The molecule has 0 bridgehead atoms. The Morgan fingerprint density at radius 2 is 2.00 bits per heavy atom. The SMILES string of the molecule is CCC1COC(C)CN1CC1(CNC)CCCCC1. The maximum atomic E-state index is 5.84. The highest BCUT2D eigenvalue weighted by molar-refractivity contribution is 4.90. The fourth-order valence-corrected chi connectivity index (χ4v) is 3.98. The largest absolute Gasteiger partial charge is 0.376 e. The first-order chi connectivity index (χ1) is 9.19. The van der Waals surface area contributed by atoms with Gasteiger partial charge < -0.3 is 10.1 Å². The highest BCUT2D eigenvalue weighted by Crippen LogP contribution is 2.37. The molecule has 0 amide bonds. The summed E-state index contributed by atoms with van der Waals surface area (Å²) < 4.78 is 5.84. The number of rotatable bonds is 5. The van der Waals surface area contributed by atoms with Gasteiger partial charge in [-0.05, 0) is 38.6 Å². The van der Waals surface area contributed by atoms with E-state index >= 15 is 0 Å². The summed E-state index contributed by atoms with van der Waals surface area (Å²) in [6.07, 6.45) is 8.67. The number of ether oxygens (including phenoxy) is 1. The molecule has 1 aliphatic carbocycles. The van der Waals surface area contributed by atoms with E-state index in [-0.39, 0.29) is 0 Å². The van der Waals surface area contributed by atoms with E-state index < -0.39 is 0 Å². The van der Waals surface area contributed by atoms with Crippen LogP contribution >= 0.6 is 0 Å². The van der Waals surface area contributed by atoms with Crippen molar-refractivity contribution in [1.29, 1.82) is 0 Å². The highest BCUT2D eigenvalue weighted by atomic mass is 16.5. The second kappa shape index (κ2) is 7.05. The summed E-state index contributed by atoms with van der Waals surface area (Å²) in [6.45, 7) is 8.99. The molecule has 3 heteroatoms. The molecule has 0 aromatic rings. The number of nitrogens with one attached hydrogen (secondary N) is 1. The first-order valence-electron chi connectivity index (χ1n) is 8.19. The molecule has 2 atom stereocenters. The first-order valence-corrected chi connectivity index (χ1v) is 8.19. The molecule has 1 saturated carbocycles. The van der Waals surface area contributed by atoms with Gasteiger partial charge in [0.15, 0.2) is 0 Å². The van der Waals surface area contributed by atoms with Crippen molar-refractivity contribution in [3.63, 3.8) is 0 Å². The fourth-order valence-electron chi connectivity index (χ4n) is 3.98. The molecule has 1 saturated heterocycles. The van der Waals surface area contributed by atoms with Gasteiger partial charge in [-0.25, -0.2) is 0 Å². The molecule has 3 nitrogen and oxygen atoms in total. The van der Waals surface area contributed by atoms with Crippen molar-refractivity contribution in [2.75, 3.05) is 33.3 Å². The summed E-state index contributed by atoms with van der Waals surface area (Å²) in [5, 5.41) is 3.45. The third kappa shape index (κ3) is 3.93. The van der Waals surface area contributed by atoms with Crippen LogP contribution in [0.3, 0.4) is 0 Å². The van der Waals surface area contributed by atoms with Crippen LogP contribution in [0.5, 0.6) is 0 Å². The summed E-state index contributed by atoms with van der Waals surface area (Å²) in [6, 6.07) is 0.631. The van der Waals surface area contributed by atoms with E-state index in [9.17, 15) is 0 Å². The van der Waals surface area contributed by atoms with Crippen LogP contribution in [0.15, 0.2) is 0 Å². The van der Waals surface area contributed by atoms with Gasteiger partial charge in [0.05, 0.1) is 12.7 Å². The lowest BCUT2D eigenvalue weighted by atomic mass is 9.73. The maximum Gasteiger partial charge on any atom is 0.0674 e. The first kappa shape index (κ1) is 15.3. The Kier molecular flexibility index (Phi) is 5.67. The Labute approximate surface area is 119 Å². The van der Waals surface area contributed by atoms with Crippen LogP contribution in [0.1, 0.15) is 52.4 Å². The summed E-state index contributed by atoms with van der Waals surface area (Å²) in [5.41, 5.74) is 0.511. The van der Waals surface area contributed by atoms with E-state index in [0.717, 1.165) is 13.2 Å². The third-order valence-electron chi connectivity index (χ3n) is 5.06. The molecule has 1 aliphatic heterocycles. The molecule has 112 valence electrons. The second-order valence-electron chi connectivity index (χ2n) is 6.73. The van der Waals surface area contributed by atoms with Crippen molar-refractivity contribution in [3.05, 3.63) is 0 Å². The highest BCUT2D eigenvalue weighted by Gasteiger charge is 2.36. The third-order valence-corrected chi connectivity index (χ3v) is 5.06. The van der Waals surface area contributed by atoms with Gasteiger partial charge in [0.2, 0.25) is 0 Å². The van der Waals surface area contributed by atoms with E-state index in [1.165, 1.54) is 51.6 Å². The summed E-state index contributed by atoms with van der Waals surface area (Å²) in [5.74, 6) is 0. The van der Waals surface area contributed by atoms with Crippen LogP contribution < -0.4 is 5.32 Å². The van der Waals surface area contributed by atoms with Crippen LogP contribution in [0.4, 0.5) is 0 Å². The summed E-state index contributed by atoms with van der Waals surface area (Å²) in [7, 11) is 2.11. The number of nitrogens with zero attached hydrogens (tertiary/aromatic N) is 1. The molecule has 2 fully saturated rings. The molecule has 19 heavy (non-hydrogen) atoms. The van der Waals surface area contributed by atoms with E-state index in [1.54, 1.807) is 0 Å². The van der Waals surface area contributed by atoms with Crippen molar-refractivity contribution in [1.82, 2.24) is 10.2 Å². The van der Waals surface area contributed by atoms with Crippen LogP contribution in [-0.2, 0) is 4.74 Å². The van der Waals surface area contributed by atoms with Crippen LogP contribution in [0.2, 0.25) is 0 Å². The quantitative estimate of drug-likeness (QED) is 0.829. The minimum Gasteiger partial charge on any atom is -0.376 e. The van der Waals surface area contributed by atoms with Crippen LogP contribution in [-0.4, -0.2) is 50.3 Å². The van der Waals surface area contributed by atoms with Gasteiger partial charge in [-0.15, -0.1) is 0 Å². The number of hydrogen-bond donors (Lipinski definition) is 1. The Hall–Kier alpha value is -0.120. The van der Waals surface area contributed by atoms with Crippen molar-refractivity contribution < 1.29 is 4.74 Å². The molecular formula is C16H32N2O. The molecule has 0 spiro atoms. The molecular weight excluding hydrogens is 236 g/mol. The Morgan fingerprint density at radius 3 is 2.63 bits per heavy atom. The van der Waals surface area contributed by atoms with Gasteiger partial charge in [-0.3, -0.25) is 4.90 Å². The lowest BCUT2D eigenvalue weighted by Crippen LogP contribution is -2.54. The zero-order chi connectivity index (χ0) is 13.7. The Morgan fingerprint density at radius 1 is 1.26 bits per heavy atom. The van der Waals surface area contributed by atoms with Gasteiger partial charge in [0.25, 0.3) is 0 Å². The second-order valence-corrected chi connectivity index (χ2v) is 6.73. The topological polar surface area (TPSA) is 24.5 Å². The van der Waals surface area contributed by atoms with E-state index in [4.69, 9.17) is 4.74 Å². The lowest BCUT2D eigenvalue weighted by Gasteiger charge is -2.46. The summed E-state index contributed by atoms with van der Waals surface area (Å²) in [4.78, 5) is 2.72. The normalized spacial score (nSPS) is 32.4. The zero-order valence-corrected chi connectivity index (χ0v) is 13.1. The Bertz CT molecular complexity index is 258. The molecule has 2 rings (SSSR count). The van der Waals surface area contributed by atoms with Crippen molar-refractivity contribution in [2.24, 2.45) is 5.41 Å². The van der Waals surface area contributed by atoms with E-state index in [0.29, 0.717) is 17.6 Å². The molecule has 0 radical (unpaired) electrons. The van der Waals surface area contributed by atoms with Gasteiger partial charge in [0, 0.05) is 25.7 Å². The molecule has 1 heterocycles. The van der Waals surface area contributed by atoms with E-state index in [2.05, 4.69) is 31.1 Å². The van der Waals surface area contributed by atoms with Gasteiger partial charge in [-0.1, -0.05) is 26.2 Å². The smallest absolute Gasteiger partial charge is 0.0674 e. The standard InChI is InChI=1S/C16H32N2O/c1-4-15-11-19-14(2)10-18(15)13-16(12-17-3)8-6-5-7-9-16/h14-15,17H,4-13H2,1-3H3. The average Bonchev–Trinajstić information content (AvgIpc) is 2.40. The molecule has 2 aliphatic rings. The van der Waals surface area contributed by atoms with Crippen molar-refractivity contribution in [2.45, 2.75) is 64.5 Å². The van der Waals surface area contributed by atoms with Gasteiger partial charge in [0.1, 0.15) is 0 Å². The lowest BCUT2D eigenvalue weighted by molar-refractivity contribution is -0.0728. The number of hydrogen-bond acceptors (Lipinski definition) is 3. The molecule has 0 aromatic heterocycles. The number of morpholine rings is 1. The van der Waals surface area contributed by atoms with Crippen LogP contribution in [0.25, 0.3) is 0 Å². The monoisotopic (exact) mass is 268 g/mol. The van der Waals surface area contributed by atoms with Gasteiger partial charge in [-0.2, -0.15) is 0 Å². The fraction of sp³-hybridized carbons (Fsp3) is 1.00. The maximum absolute atomic E-state index is 5.84. The van der Waals surface area contributed by atoms with Crippen molar-refractivity contribution >= 4 is 0 Å². The summed E-state index contributed by atoms with van der Waals surface area (Å²) >= 11 is 0. The average molecular weight is 268 g/mol.